The van der Waals surface area contributed by atoms with E-state index < -0.39 is 39.8 Å². The molecule has 312 valence electrons. The zero-order chi connectivity index (χ0) is 42.8. The van der Waals surface area contributed by atoms with Crippen molar-refractivity contribution in [3.8, 4) is 0 Å². The minimum absolute atomic E-state index is 0.0657. The van der Waals surface area contributed by atoms with Crippen LogP contribution < -0.4 is 0 Å². The fraction of sp³-hybridized carbons (Fsp3) is 0.562. The summed E-state index contributed by atoms with van der Waals surface area (Å²) in [7, 11) is 0. The molecule has 0 aromatic heterocycles. The largest absolute Gasteiger partial charge is 0.462 e. The van der Waals surface area contributed by atoms with E-state index in [-0.39, 0.29) is 49.4 Å². The van der Waals surface area contributed by atoms with Crippen LogP contribution in [0.3, 0.4) is 0 Å². The topological polar surface area (TPSA) is 140 Å². The van der Waals surface area contributed by atoms with Crippen LogP contribution in [0.2, 0.25) is 0 Å². The van der Waals surface area contributed by atoms with E-state index in [1.807, 2.05) is 96.2 Å². The second-order valence-corrected chi connectivity index (χ2v) is 17.6. The first-order valence-electron chi connectivity index (χ1n) is 20.2. The van der Waals surface area contributed by atoms with Gasteiger partial charge in [0.15, 0.2) is 17.2 Å². The molecule has 1 saturated heterocycles. The number of carbonyl (C=O) groups is 4. The monoisotopic (exact) mass is 786 g/mol. The third-order valence-electron chi connectivity index (χ3n) is 11.4. The van der Waals surface area contributed by atoms with Crippen molar-refractivity contribution in [2.24, 2.45) is 10.8 Å². The number of ether oxygens (including phenoxy) is 3. The predicted molar refractivity (Wildman–Crippen MR) is 224 cm³/mol. The van der Waals surface area contributed by atoms with Crippen LogP contribution in [-0.2, 0) is 33.4 Å². The molecule has 0 bridgehead atoms. The van der Waals surface area contributed by atoms with Crippen molar-refractivity contribution < 1.29 is 43.6 Å². The summed E-state index contributed by atoms with van der Waals surface area (Å²) in [6, 6.07) is 0. The quantitative estimate of drug-likeness (QED) is 0.0369. The minimum atomic E-state index is -1.24. The standard InChI is InChI=1S/C48H66O9/c1-12-13-14-25-42(52)55-32-37(26-27-41-44(6,7)28-38(56-36(5)49)29-46(41,10)54)24-18-22-34(3)20-16-15-19-33(2)21-17-23-35(4)39(50)31-48-45(8,9)30-40(51)43(53)47(48,11)57-48/h15-24,26,38,40,51,54H,12-14,25,28-32H2,1-11H3/b16-15+,21-17+,22-18+,33-19+,34-20+,35-23+,37-24-/t27?,38?,40?,46-,47-,48+/m1/s1. The molecule has 3 aliphatic rings. The molecule has 2 saturated carbocycles. The Morgan fingerprint density at radius 1 is 0.860 bits per heavy atom. The molecule has 2 aliphatic carbocycles. The Balaban J connectivity index is 1.68. The van der Waals surface area contributed by atoms with Gasteiger partial charge in [0, 0.05) is 37.2 Å². The number of hydrogen-bond acceptors (Lipinski definition) is 9. The summed E-state index contributed by atoms with van der Waals surface area (Å²) in [5.41, 5.74) is 2.97. The molecule has 0 aromatic rings. The first-order chi connectivity index (χ1) is 26.5. The van der Waals surface area contributed by atoms with E-state index in [1.165, 1.54) is 6.92 Å². The Hall–Kier alpha value is -4.14. The Bertz CT molecular complexity index is 1800. The average Bonchev–Trinajstić information content (AvgIpc) is 3.73. The van der Waals surface area contributed by atoms with Crippen molar-refractivity contribution >= 4 is 23.5 Å². The maximum absolute atomic E-state index is 13.2. The number of carbonyl (C=O) groups excluding carboxylic acids is 4. The van der Waals surface area contributed by atoms with Gasteiger partial charge in [-0.15, -0.1) is 5.73 Å². The van der Waals surface area contributed by atoms with Crippen LogP contribution in [0.15, 0.2) is 100 Å². The zero-order valence-corrected chi connectivity index (χ0v) is 36.1. The first-order valence-corrected chi connectivity index (χ1v) is 20.2. The Morgan fingerprint density at radius 2 is 1.47 bits per heavy atom. The van der Waals surface area contributed by atoms with Gasteiger partial charge in [-0.2, -0.15) is 0 Å². The number of ketones is 2. The van der Waals surface area contributed by atoms with Gasteiger partial charge in [0.2, 0.25) is 0 Å². The van der Waals surface area contributed by atoms with E-state index in [0.717, 1.165) is 30.4 Å². The van der Waals surface area contributed by atoms with E-state index in [2.05, 4.69) is 12.7 Å². The van der Waals surface area contributed by atoms with Crippen LogP contribution in [0, 0.1) is 10.8 Å². The minimum Gasteiger partial charge on any atom is -0.462 e. The van der Waals surface area contributed by atoms with Crippen LogP contribution in [-0.4, -0.2) is 69.3 Å². The van der Waals surface area contributed by atoms with Crippen molar-refractivity contribution in [2.75, 3.05) is 6.61 Å². The number of Topliss-reactive ketones (excluding diaryl/α,β-unsaturated/α-hetero) is 2. The molecular formula is C48H66O9. The molecule has 0 amide bonds. The van der Waals surface area contributed by atoms with Gasteiger partial charge in [-0.1, -0.05) is 119 Å². The third-order valence-corrected chi connectivity index (χ3v) is 11.4. The number of rotatable bonds is 17. The summed E-state index contributed by atoms with van der Waals surface area (Å²) in [6.45, 7) is 20.5. The van der Waals surface area contributed by atoms with Gasteiger partial charge in [-0.25, -0.2) is 0 Å². The summed E-state index contributed by atoms with van der Waals surface area (Å²) in [6.07, 6.45) is 23.6. The predicted octanol–water partition coefficient (Wildman–Crippen LogP) is 8.97. The number of esters is 2. The maximum atomic E-state index is 13.2. The van der Waals surface area contributed by atoms with E-state index >= 15 is 0 Å². The fourth-order valence-electron chi connectivity index (χ4n) is 8.26. The third kappa shape index (κ3) is 12.4. The van der Waals surface area contributed by atoms with E-state index in [1.54, 1.807) is 32.9 Å². The molecule has 0 spiro atoms. The van der Waals surface area contributed by atoms with Crippen LogP contribution in [0.1, 0.15) is 128 Å². The molecule has 0 aromatic carbocycles. The van der Waals surface area contributed by atoms with Gasteiger partial charge < -0.3 is 24.4 Å². The number of unbranched alkanes of at least 4 members (excludes halogenated alkanes) is 2. The average molecular weight is 787 g/mol. The van der Waals surface area contributed by atoms with Crippen LogP contribution in [0.5, 0.6) is 0 Å². The highest BCUT2D eigenvalue weighted by Gasteiger charge is 2.80. The lowest BCUT2D eigenvalue weighted by atomic mass is 9.61. The van der Waals surface area contributed by atoms with Crippen molar-refractivity contribution in [3.05, 3.63) is 100 Å². The van der Waals surface area contributed by atoms with Crippen LogP contribution >= 0.6 is 0 Å². The Kier molecular flexibility index (Phi) is 16.2. The van der Waals surface area contributed by atoms with E-state index in [9.17, 15) is 29.4 Å². The number of aliphatic hydroxyl groups excluding tert-OH is 1. The molecule has 3 rings (SSSR count). The van der Waals surface area contributed by atoms with Crippen molar-refractivity contribution in [1.29, 1.82) is 0 Å². The van der Waals surface area contributed by atoms with Crippen molar-refractivity contribution in [3.63, 3.8) is 0 Å². The lowest BCUT2D eigenvalue weighted by molar-refractivity contribution is -0.152. The van der Waals surface area contributed by atoms with Crippen molar-refractivity contribution in [1.82, 2.24) is 0 Å². The summed E-state index contributed by atoms with van der Waals surface area (Å²) in [4.78, 5) is 49.8. The Morgan fingerprint density at radius 3 is 2.05 bits per heavy atom. The maximum Gasteiger partial charge on any atom is 0.306 e. The normalized spacial score (nSPS) is 29.1. The smallest absolute Gasteiger partial charge is 0.306 e. The number of hydrogen-bond donors (Lipinski definition) is 2. The van der Waals surface area contributed by atoms with Crippen molar-refractivity contribution in [2.45, 2.75) is 157 Å². The lowest BCUT2D eigenvalue weighted by Gasteiger charge is -2.44. The zero-order valence-electron chi connectivity index (χ0n) is 36.1. The van der Waals surface area contributed by atoms with Gasteiger partial charge >= 0.3 is 11.9 Å². The molecule has 5 atom stereocenters. The highest BCUT2D eigenvalue weighted by Crippen LogP contribution is 2.65. The van der Waals surface area contributed by atoms with Crippen LogP contribution in [0.4, 0.5) is 0 Å². The van der Waals surface area contributed by atoms with E-state index in [4.69, 9.17) is 14.2 Å². The highest BCUT2D eigenvalue weighted by molar-refractivity contribution is 6.01. The Labute approximate surface area is 340 Å². The van der Waals surface area contributed by atoms with Crippen LogP contribution in [0.25, 0.3) is 0 Å². The molecule has 0 radical (unpaired) electrons. The molecular weight excluding hydrogens is 721 g/mol. The molecule has 1 heterocycles. The number of fused-ring (bicyclic) bond motifs is 1. The molecule has 57 heavy (non-hydrogen) atoms. The number of allylic oxidation sites excluding steroid dienone is 13. The molecule has 3 fully saturated rings. The van der Waals surface area contributed by atoms with Gasteiger partial charge in [0.1, 0.15) is 24.4 Å². The van der Waals surface area contributed by atoms with Gasteiger partial charge in [0.25, 0.3) is 0 Å². The summed E-state index contributed by atoms with van der Waals surface area (Å²) >= 11 is 0. The van der Waals surface area contributed by atoms with E-state index in [0.29, 0.717) is 29.6 Å². The van der Waals surface area contributed by atoms with Gasteiger partial charge in [0.05, 0.1) is 5.60 Å². The molecule has 1 aliphatic heterocycles. The van der Waals surface area contributed by atoms with Gasteiger partial charge in [-0.3, -0.25) is 19.2 Å². The second kappa shape index (κ2) is 19.5. The summed E-state index contributed by atoms with van der Waals surface area (Å²) < 4.78 is 17.0. The molecule has 2 unspecified atom stereocenters. The number of aliphatic hydroxyl groups is 2. The lowest BCUT2D eigenvalue weighted by Crippen LogP contribution is -2.54. The fourth-order valence-corrected chi connectivity index (χ4v) is 8.26. The molecule has 9 heteroatoms. The first kappa shape index (κ1) is 47.2. The molecule has 2 N–H and O–H groups in total. The summed E-state index contributed by atoms with van der Waals surface area (Å²) in [5.74, 6) is -1.07. The highest BCUT2D eigenvalue weighted by atomic mass is 16.6. The number of epoxide rings is 1. The SMILES string of the molecule is CCCCCC(=O)OC\C(C=C=C1C(C)(C)CC(OC(C)=O)C[C@@]1(C)O)=C/C=C/C(C)=C/C=C/C=C(C)/C=C/C=C(\C)C(=O)C[C@@]12O[C@]1(C)C(=O)C(O)CC2(C)C. The molecule has 9 nitrogen and oxygen atoms in total. The summed E-state index contributed by atoms with van der Waals surface area (Å²) in [5, 5.41) is 21.6. The van der Waals surface area contributed by atoms with Gasteiger partial charge in [-0.05, 0) is 76.5 Å². The second-order valence-electron chi connectivity index (χ2n) is 17.6.